The van der Waals surface area contributed by atoms with E-state index in [1.165, 1.54) is 0 Å². The Morgan fingerprint density at radius 1 is 1.10 bits per heavy atom. The summed E-state index contributed by atoms with van der Waals surface area (Å²) in [5.41, 5.74) is -0.932. The van der Waals surface area contributed by atoms with Crippen molar-refractivity contribution in [3.05, 3.63) is 48.3 Å². The van der Waals surface area contributed by atoms with Gasteiger partial charge in [-0.3, -0.25) is 0 Å². The Balaban J connectivity index is 1.83. The largest absolute Gasteiger partial charge is 0.493 e. The fraction of sp³-hybridized carbons (Fsp3) is 0.231. The van der Waals surface area contributed by atoms with Crippen molar-refractivity contribution in [2.24, 2.45) is 0 Å². The van der Waals surface area contributed by atoms with Crippen LogP contribution >= 0.6 is 11.8 Å². The summed E-state index contributed by atoms with van der Waals surface area (Å²) in [6.07, 6.45) is -3.34. The lowest BCUT2D eigenvalue weighted by Crippen LogP contribution is -2.09. The number of benzene rings is 1. The highest BCUT2D eigenvalue weighted by atomic mass is 32.2. The average Bonchev–Trinajstić information content (AvgIpc) is 2.44. The number of aromatic nitrogens is 2. The van der Waals surface area contributed by atoms with Crippen LogP contribution < -0.4 is 4.74 Å². The number of hydrogen-bond acceptors (Lipinski definition) is 4. The molecule has 2 rings (SSSR count). The second kappa shape index (κ2) is 6.60. The highest BCUT2D eigenvalue weighted by molar-refractivity contribution is 7.99. The molecule has 20 heavy (non-hydrogen) atoms. The summed E-state index contributed by atoms with van der Waals surface area (Å²) in [6, 6.07) is 10.0. The molecule has 0 aliphatic rings. The maximum Gasteiger partial charge on any atom is 0.433 e. The molecule has 0 saturated carbocycles. The molecule has 1 aromatic carbocycles. The zero-order valence-electron chi connectivity index (χ0n) is 10.3. The predicted molar refractivity (Wildman–Crippen MR) is 69.7 cm³/mol. The summed E-state index contributed by atoms with van der Waals surface area (Å²) < 4.78 is 42.8. The van der Waals surface area contributed by atoms with E-state index in [9.17, 15) is 13.2 Å². The van der Waals surface area contributed by atoms with Crippen LogP contribution in [0.25, 0.3) is 0 Å². The van der Waals surface area contributed by atoms with E-state index >= 15 is 0 Å². The smallest absolute Gasteiger partial charge is 0.433 e. The molecule has 0 N–H and O–H groups in total. The molecule has 7 heteroatoms. The van der Waals surface area contributed by atoms with Crippen LogP contribution in [0.4, 0.5) is 13.2 Å². The Bertz CT molecular complexity index is 549. The van der Waals surface area contributed by atoms with Gasteiger partial charge >= 0.3 is 6.18 Å². The molecule has 0 unspecified atom stereocenters. The Morgan fingerprint density at radius 3 is 2.55 bits per heavy atom. The summed E-state index contributed by atoms with van der Waals surface area (Å²) in [4.78, 5) is 7.25. The third-order valence-electron chi connectivity index (χ3n) is 2.25. The third-order valence-corrected chi connectivity index (χ3v) is 3.08. The number of hydrogen-bond donors (Lipinski definition) is 0. The summed E-state index contributed by atoms with van der Waals surface area (Å²) in [7, 11) is 0. The molecule has 1 aromatic heterocycles. The van der Waals surface area contributed by atoms with Crippen molar-refractivity contribution in [2.45, 2.75) is 11.3 Å². The quantitative estimate of drug-likeness (QED) is 0.479. The van der Waals surface area contributed by atoms with Gasteiger partial charge in [-0.25, -0.2) is 9.97 Å². The standard InChI is InChI=1S/C13H11F3N2OS/c14-13(15,16)11-6-7-17-12(18-11)20-9-8-19-10-4-2-1-3-5-10/h1-7H,8-9H2. The number of rotatable bonds is 5. The van der Waals surface area contributed by atoms with E-state index in [1.807, 2.05) is 30.3 Å². The molecule has 0 atom stereocenters. The van der Waals surface area contributed by atoms with Crippen molar-refractivity contribution < 1.29 is 17.9 Å². The van der Waals surface area contributed by atoms with Gasteiger partial charge in [0.05, 0.1) is 6.61 Å². The van der Waals surface area contributed by atoms with Gasteiger partial charge in [0.25, 0.3) is 0 Å². The van der Waals surface area contributed by atoms with Gasteiger partial charge in [-0.05, 0) is 18.2 Å². The third kappa shape index (κ3) is 4.41. The first-order chi connectivity index (χ1) is 9.55. The molecular formula is C13H11F3N2OS. The Labute approximate surface area is 118 Å². The zero-order chi connectivity index (χ0) is 14.4. The SMILES string of the molecule is FC(F)(F)c1ccnc(SCCOc2ccccc2)n1. The first-order valence-corrected chi connectivity index (χ1v) is 6.75. The number of alkyl halides is 3. The molecule has 3 nitrogen and oxygen atoms in total. The second-order valence-corrected chi connectivity index (χ2v) is 4.79. The Hall–Kier alpha value is -1.76. The van der Waals surface area contributed by atoms with Crippen molar-refractivity contribution in [3.63, 3.8) is 0 Å². The van der Waals surface area contributed by atoms with Crippen LogP contribution in [0, 0.1) is 0 Å². The maximum absolute atomic E-state index is 12.5. The van der Waals surface area contributed by atoms with E-state index in [-0.39, 0.29) is 5.16 Å². The van der Waals surface area contributed by atoms with Crippen molar-refractivity contribution in [1.29, 1.82) is 0 Å². The molecule has 0 fully saturated rings. The monoisotopic (exact) mass is 300 g/mol. The number of nitrogens with zero attached hydrogens (tertiary/aromatic N) is 2. The fourth-order valence-corrected chi connectivity index (χ4v) is 2.02. The molecule has 1 heterocycles. The minimum Gasteiger partial charge on any atom is -0.493 e. The lowest BCUT2D eigenvalue weighted by atomic mass is 10.3. The normalized spacial score (nSPS) is 11.3. The second-order valence-electron chi connectivity index (χ2n) is 3.73. The summed E-state index contributed by atoms with van der Waals surface area (Å²) in [5.74, 6) is 1.19. The average molecular weight is 300 g/mol. The van der Waals surface area contributed by atoms with Gasteiger partial charge in [0.15, 0.2) is 5.16 Å². The first kappa shape index (κ1) is 14.6. The molecule has 2 aromatic rings. The van der Waals surface area contributed by atoms with Crippen LogP contribution in [0.3, 0.4) is 0 Å². The van der Waals surface area contributed by atoms with E-state index in [2.05, 4.69) is 9.97 Å². The zero-order valence-corrected chi connectivity index (χ0v) is 11.1. The molecule has 0 saturated heterocycles. The first-order valence-electron chi connectivity index (χ1n) is 5.76. The van der Waals surface area contributed by atoms with Crippen LogP contribution in [-0.2, 0) is 6.18 Å². The van der Waals surface area contributed by atoms with Gasteiger partial charge in [-0.15, -0.1) is 0 Å². The highest BCUT2D eigenvalue weighted by Gasteiger charge is 2.32. The van der Waals surface area contributed by atoms with Crippen molar-refractivity contribution >= 4 is 11.8 Å². The van der Waals surface area contributed by atoms with Gasteiger partial charge in [-0.1, -0.05) is 30.0 Å². The topological polar surface area (TPSA) is 35.0 Å². The van der Waals surface area contributed by atoms with E-state index in [1.54, 1.807) is 0 Å². The van der Waals surface area contributed by atoms with Gasteiger partial charge in [-0.2, -0.15) is 13.2 Å². The van der Waals surface area contributed by atoms with E-state index in [4.69, 9.17) is 4.74 Å². The molecule has 0 bridgehead atoms. The van der Waals surface area contributed by atoms with Crippen LogP contribution in [0.5, 0.6) is 5.75 Å². The Morgan fingerprint density at radius 2 is 1.85 bits per heavy atom. The van der Waals surface area contributed by atoms with E-state index in [0.29, 0.717) is 12.4 Å². The fourth-order valence-electron chi connectivity index (χ4n) is 1.38. The molecule has 0 aliphatic carbocycles. The van der Waals surface area contributed by atoms with E-state index in [0.717, 1.165) is 29.8 Å². The lowest BCUT2D eigenvalue weighted by Gasteiger charge is -2.07. The molecule has 0 radical (unpaired) electrons. The van der Waals surface area contributed by atoms with Crippen LogP contribution in [-0.4, -0.2) is 22.3 Å². The predicted octanol–water partition coefficient (Wildman–Crippen LogP) is 3.67. The van der Waals surface area contributed by atoms with Crippen LogP contribution in [0.2, 0.25) is 0 Å². The summed E-state index contributed by atoms with van der Waals surface area (Å²) in [6.45, 7) is 0.369. The van der Waals surface area contributed by atoms with Gasteiger partial charge in [0.1, 0.15) is 11.4 Å². The van der Waals surface area contributed by atoms with Crippen molar-refractivity contribution in [3.8, 4) is 5.75 Å². The number of ether oxygens (including phenoxy) is 1. The molecule has 0 amide bonds. The number of halogens is 3. The maximum atomic E-state index is 12.5. The summed E-state index contributed by atoms with van der Waals surface area (Å²) in [5, 5.41) is 0.0940. The molecule has 0 aliphatic heterocycles. The van der Waals surface area contributed by atoms with E-state index < -0.39 is 11.9 Å². The van der Waals surface area contributed by atoms with Crippen molar-refractivity contribution in [1.82, 2.24) is 9.97 Å². The summed E-state index contributed by atoms with van der Waals surface area (Å²) >= 11 is 1.12. The van der Waals surface area contributed by atoms with Crippen LogP contribution in [0.15, 0.2) is 47.8 Å². The molecular weight excluding hydrogens is 289 g/mol. The number of para-hydroxylation sites is 1. The van der Waals surface area contributed by atoms with Gasteiger partial charge in [0.2, 0.25) is 0 Å². The minimum absolute atomic E-state index is 0.0940. The number of thioether (sulfide) groups is 1. The minimum atomic E-state index is -4.45. The van der Waals surface area contributed by atoms with Crippen molar-refractivity contribution in [2.75, 3.05) is 12.4 Å². The van der Waals surface area contributed by atoms with Crippen LogP contribution in [0.1, 0.15) is 5.69 Å². The molecule has 0 spiro atoms. The molecule has 106 valence electrons. The van der Waals surface area contributed by atoms with Gasteiger partial charge < -0.3 is 4.74 Å². The lowest BCUT2D eigenvalue weighted by molar-refractivity contribution is -0.141. The highest BCUT2D eigenvalue weighted by Crippen LogP contribution is 2.28. The van der Waals surface area contributed by atoms with Gasteiger partial charge in [0, 0.05) is 11.9 Å². The Kier molecular flexibility index (Phi) is 4.84.